The van der Waals surface area contributed by atoms with Crippen LogP contribution in [0.1, 0.15) is 32.3 Å². The van der Waals surface area contributed by atoms with Crippen LogP contribution in [0.2, 0.25) is 0 Å². The van der Waals surface area contributed by atoms with Crippen LogP contribution in [-0.2, 0) is 5.33 Å². The molecule has 0 aliphatic heterocycles. The number of alkyl halides is 1. The first-order valence-corrected chi connectivity index (χ1v) is 8.31. The number of halogens is 2. The molecule has 0 fully saturated rings. The van der Waals surface area contributed by atoms with E-state index in [4.69, 9.17) is 14.7 Å². The van der Waals surface area contributed by atoms with Crippen molar-refractivity contribution in [2.75, 3.05) is 13.7 Å². The van der Waals surface area contributed by atoms with E-state index in [0.29, 0.717) is 18.1 Å². The van der Waals surface area contributed by atoms with Crippen LogP contribution in [0.25, 0.3) is 0 Å². The first-order chi connectivity index (χ1) is 9.43. The van der Waals surface area contributed by atoms with Crippen molar-refractivity contribution in [3.05, 3.63) is 22.2 Å². The van der Waals surface area contributed by atoms with Gasteiger partial charge in [-0.2, -0.15) is 5.26 Å². The van der Waals surface area contributed by atoms with E-state index in [9.17, 15) is 0 Å². The average Bonchev–Trinajstić information content (AvgIpc) is 2.44. The lowest BCUT2D eigenvalue weighted by molar-refractivity contribution is 0.268. The molecule has 0 aliphatic rings. The molecule has 0 spiro atoms. The van der Waals surface area contributed by atoms with E-state index in [0.717, 1.165) is 28.2 Å². The summed E-state index contributed by atoms with van der Waals surface area (Å²) in [6, 6.07) is 6.25. The number of hydrogen-bond donors (Lipinski definition) is 0. The molecule has 0 aliphatic carbocycles. The van der Waals surface area contributed by atoms with Crippen LogP contribution in [0, 0.1) is 16.7 Å². The summed E-state index contributed by atoms with van der Waals surface area (Å²) in [6.07, 6.45) is 1.64. The van der Waals surface area contributed by atoms with Gasteiger partial charge in [-0.25, -0.2) is 0 Å². The first-order valence-electron chi connectivity index (χ1n) is 6.40. The molecule has 0 amide bonds. The van der Waals surface area contributed by atoms with Crippen molar-refractivity contribution in [3.63, 3.8) is 0 Å². The predicted octanol–water partition coefficient (Wildman–Crippen LogP) is 5.06. The van der Waals surface area contributed by atoms with Crippen LogP contribution in [0.15, 0.2) is 16.6 Å². The van der Waals surface area contributed by atoms with Crippen molar-refractivity contribution in [3.8, 4) is 17.6 Å². The number of hydrogen-bond acceptors (Lipinski definition) is 3. The highest BCUT2D eigenvalue weighted by atomic mass is 79.9. The zero-order chi connectivity index (χ0) is 15.2. The van der Waals surface area contributed by atoms with Gasteiger partial charge in [-0.3, -0.25) is 0 Å². The van der Waals surface area contributed by atoms with E-state index in [1.54, 1.807) is 7.11 Å². The Morgan fingerprint density at radius 3 is 2.60 bits per heavy atom. The van der Waals surface area contributed by atoms with Crippen LogP contribution in [0.3, 0.4) is 0 Å². The summed E-state index contributed by atoms with van der Waals surface area (Å²) in [5, 5.41) is 9.73. The second kappa shape index (κ2) is 7.90. The molecule has 110 valence electrons. The van der Waals surface area contributed by atoms with Gasteiger partial charge in [0.05, 0.1) is 29.7 Å². The molecule has 0 radical (unpaired) electrons. The third kappa shape index (κ3) is 4.99. The normalized spacial score (nSPS) is 11.0. The molecule has 1 aromatic rings. The fourth-order valence-corrected chi connectivity index (χ4v) is 2.66. The molecule has 0 bridgehead atoms. The summed E-state index contributed by atoms with van der Waals surface area (Å²) in [5.41, 5.74) is 0.816. The first kappa shape index (κ1) is 17.3. The highest BCUT2D eigenvalue weighted by Crippen LogP contribution is 2.37. The second-order valence-electron chi connectivity index (χ2n) is 5.19. The standard InChI is InChI=1S/C15H19Br2NO2/c1-15(2,10-18)5-4-6-20-14-12(17)7-11(9-16)8-13(14)19-3/h7-8H,4-6,9H2,1-3H3. The molecule has 0 N–H and O–H groups in total. The van der Waals surface area contributed by atoms with Gasteiger partial charge in [0.2, 0.25) is 0 Å². The Kier molecular flexibility index (Phi) is 6.84. The van der Waals surface area contributed by atoms with E-state index >= 15 is 0 Å². The number of nitrogens with zero attached hydrogens (tertiary/aromatic N) is 1. The van der Waals surface area contributed by atoms with Crippen LogP contribution in [0.4, 0.5) is 0 Å². The van der Waals surface area contributed by atoms with Crippen LogP contribution >= 0.6 is 31.9 Å². The van der Waals surface area contributed by atoms with Gasteiger partial charge < -0.3 is 9.47 Å². The molecular weight excluding hydrogens is 386 g/mol. The molecular formula is C15H19Br2NO2. The summed E-state index contributed by atoms with van der Waals surface area (Å²) >= 11 is 6.93. The van der Waals surface area contributed by atoms with E-state index in [1.807, 2.05) is 26.0 Å². The topological polar surface area (TPSA) is 42.2 Å². The Morgan fingerprint density at radius 2 is 2.05 bits per heavy atom. The molecule has 5 heteroatoms. The number of nitriles is 1. The lowest BCUT2D eigenvalue weighted by atomic mass is 9.90. The summed E-state index contributed by atoms with van der Waals surface area (Å²) in [4.78, 5) is 0. The molecule has 0 atom stereocenters. The molecule has 1 aromatic carbocycles. The maximum absolute atomic E-state index is 8.97. The van der Waals surface area contributed by atoms with Gasteiger partial charge >= 0.3 is 0 Å². The zero-order valence-electron chi connectivity index (χ0n) is 12.0. The smallest absolute Gasteiger partial charge is 0.175 e. The molecule has 1 rings (SSSR count). The maximum atomic E-state index is 8.97. The molecule has 3 nitrogen and oxygen atoms in total. The summed E-state index contributed by atoms with van der Waals surface area (Å²) < 4.78 is 12.0. The largest absolute Gasteiger partial charge is 0.493 e. The van der Waals surface area contributed by atoms with Crippen molar-refractivity contribution in [1.82, 2.24) is 0 Å². The third-order valence-corrected chi connectivity index (χ3v) is 4.18. The fraction of sp³-hybridized carbons (Fsp3) is 0.533. The summed E-state index contributed by atoms with van der Waals surface area (Å²) in [5.74, 6) is 1.43. The summed E-state index contributed by atoms with van der Waals surface area (Å²) in [7, 11) is 1.63. The van der Waals surface area contributed by atoms with Gasteiger partial charge in [0.25, 0.3) is 0 Å². The van der Waals surface area contributed by atoms with Crippen molar-refractivity contribution in [2.45, 2.75) is 32.0 Å². The van der Waals surface area contributed by atoms with Gasteiger partial charge in [-0.15, -0.1) is 0 Å². The van der Waals surface area contributed by atoms with Crippen LogP contribution in [-0.4, -0.2) is 13.7 Å². The SMILES string of the molecule is COc1cc(CBr)cc(Br)c1OCCCC(C)(C)C#N. The molecule has 0 unspecified atom stereocenters. The number of ether oxygens (including phenoxy) is 2. The van der Waals surface area contributed by atoms with E-state index in [1.165, 1.54) is 0 Å². The Labute approximate surface area is 137 Å². The minimum absolute atomic E-state index is 0.301. The average molecular weight is 405 g/mol. The minimum Gasteiger partial charge on any atom is -0.493 e. The monoisotopic (exact) mass is 403 g/mol. The molecule has 20 heavy (non-hydrogen) atoms. The fourth-order valence-electron chi connectivity index (χ4n) is 1.73. The van der Waals surface area contributed by atoms with Crippen molar-refractivity contribution >= 4 is 31.9 Å². The van der Waals surface area contributed by atoms with Gasteiger partial charge in [-0.05, 0) is 60.3 Å². The van der Waals surface area contributed by atoms with E-state index < -0.39 is 0 Å². The van der Waals surface area contributed by atoms with Gasteiger partial charge in [0, 0.05) is 5.33 Å². The van der Waals surface area contributed by atoms with Gasteiger partial charge in [0.1, 0.15) is 0 Å². The molecule has 0 saturated carbocycles. The third-order valence-electron chi connectivity index (χ3n) is 2.94. The number of benzene rings is 1. The molecule has 0 heterocycles. The van der Waals surface area contributed by atoms with Gasteiger partial charge in [0.15, 0.2) is 11.5 Å². The molecule has 0 saturated heterocycles. The Bertz CT molecular complexity index is 495. The van der Waals surface area contributed by atoms with Crippen molar-refractivity contribution in [2.24, 2.45) is 5.41 Å². The Balaban J connectivity index is 2.67. The van der Waals surface area contributed by atoms with Gasteiger partial charge in [-0.1, -0.05) is 15.9 Å². The van der Waals surface area contributed by atoms with E-state index in [2.05, 4.69) is 37.9 Å². The van der Waals surface area contributed by atoms with Crippen LogP contribution < -0.4 is 9.47 Å². The summed E-state index contributed by atoms with van der Waals surface area (Å²) in [6.45, 7) is 4.44. The molecule has 0 aromatic heterocycles. The number of rotatable bonds is 7. The second-order valence-corrected chi connectivity index (χ2v) is 6.61. The quantitative estimate of drug-likeness (QED) is 0.471. The Morgan fingerprint density at radius 1 is 1.35 bits per heavy atom. The minimum atomic E-state index is -0.301. The highest BCUT2D eigenvalue weighted by Gasteiger charge is 2.16. The maximum Gasteiger partial charge on any atom is 0.175 e. The van der Waals surface area contributed by atoms with Crippen LogP contribution in [0.5, 0.6) is 11.5 Å². The predicted molar refractivity (Wildman–Crippen MR) is 87.4 cm³/mol. The Hall–Kier alpha value is -0.730. The number of methoxy groups -OCH3 is 1. The lowest BCUT2D eigenvalue weighted by Crippen LogP contribution is -2.10. The van der Waals surface area contributed by atoms with E-state index in [-0.39, 0.29) is 5.41 Å². The van der Waals surface area contributed by atoms with Crippen molar-refractivity contribution in [1.29, 1.82) is 5.26 Å². The van der Waals surface area contributed by atoms with Crippen molar-refractivity contribution < 1.29 is 9.47 Å². The lowest BCUT2D eigenvalue weighted by Gasteiger charge is -2.17. The highest BCUT2D eigenvalue weighted by molar-refractivity contribution is 9.10. The zero-order valence-corrected chi connectivity index (χ0v) is 15.2.